The van der Waals surface area contributed by atoms with Crippen molar-refractivity contribution in [2.24, 2.45) is 5.92 Å². The van der Waals surface area contributed by atoms with E-state index in [1.54, 1.807) is 11.8 Å². The van der Waals surface area contributed by atoms with Gasteiger partial charge in [0.2, 0.25) is 0 Å². The molecule has 0 fully saturated rings. The number of benzene rings is 1. The third-order valence-electron chi connectivity index (χ3n) is 2.16. The van der Waals surface area contributed by atoms with E-state index in [4.69, 9.17) is 0 Å². The SMILES string of the molecule is C=Cc1ccc(CC(C)C)cc1SC. The Morgan fingerprint density at radius 2 is 2.14 bits per heavy atom. The van der Waals surface area contributed by atoms with Crippen molar-refractivity contribution < 1.29 is 0 Å². The van der Waals surface area contributed by atoms with Gasteiger partial charge in [0.1, 0.15) is 0 Å². The summed E-state index contributed by atoms with van der Waals surface area (Å²) in [6.45, 7) is 8.32. The lowest BCUT2D eigenvalue weighted by atomic mass is 10.0. The molecule has 14 heavy (non-hydrogen) atoms. The van der Waals surface area contributed by atoms with Crippen molar-refractivity contribution in [3.63, 3.8) is 0 Å². The summed E-state index contributed by atoms with van der Waals surface area (Å²) < 4.78 is 0. The lowest BCUT2D eigenvalue weighted by Gasteiger charge is -2.08. The molecule has 1 aromatic carbocycles. The molecular weight excluding hydrogens is 188 g/mol. The second-order valence-electron chi connectivity index (χ2n) is 3.88. The van der Waals surface area contributed by atoms with Crippen LogP contribution in [0.25, 0.3) is 6.08 Å². The standard InChI is InChI=1S/C13H18S/c1-5-12-7-6-11(8-10(2)3)9-13(12)14-4/h5-7,9-10H,1,8H2,2-4H3. The van der Waals surface area contributed by atoms with E-state index in [1.165, 1.54) is 16.0 Å². The molecule has 0 saturated heterocycles. The van der Waals surface area contributed by atoms with Crippen LogP contribution in [0.3, 0.4) is 0 Å². The minimum Gasteiger partial charge on any atom is -0.129 e. The number of hydrogen-bond acceptors (Lipinski definition) is 1. The molecule has 1 aromatic rings. The highest BCUT2D eigenvalue weighted by Crippen LogP contribution is 2.23. The van der Waals surface area contributed by atoms with Crippen LogP contribution < -0.4 is 0 Å². The Morgan fingerprint density at radius 1 is 1.43 bits per heavy atom. The summed E-state index contributed by atoms with van der Waals surface area (Å²) in [5.74, 6) is 0.722. The second-order valence-corrected chi connectivity index (χ2v) is 4.73. The predicted molar refractivity (Wildman–Crippen MR) is 66.9 cm³/mol. The molecule has 0 aliphatic heterocycles. The van der Waals surface area contributed by atoms with E-state index in [0.717, 1.165) is 12.3 Å². The van der Waals surface area contributed by atoms with Gasteiger partial charge in [-0.15, -0.1) is 11.8 Å². The summed E-state index contributed by atoms with van der Waals surface area (Å²) in [7, 11) is 0. The van der Waals surface area contributed by atoms with E-state index in [9.17, 15) is 0 Å². The molecule has 0 aromatic heterocycles. The molecule has 0 unspecified atom stereocenters. The lowest BCUT2D eigenvalue weighted by molar-refractivity contribution is 0.646. The maximum atomic E-state index is 3.82. The summed E-state index contributed by atoms with van der Waals surface area (Å²) >= 11 is 1.79. The zero-order valence-electron chi connectivity index (χ0n) is 9.21. The van der Waals surface area contributed by atoms with E-state index in [2.05, 4.69) is 44.9 Å². The van der Waals surface area contributed by atoms with Crippen LogP contribution in [0, 0.1) is 5.92 Å². The van der Waals surface area contributed by atoms with Crippen LogP contribution in [0.4, 0.5) is 0 Å². The highest BCUT2D eigenvalue weighted by atomic mass is 32.2. The monoisotopic (exact) mass is 206 g/mol. The van der Waals surface area contributed by atoms with E-state index < -0.39 is 0 Å². The smallest absolute Gasteiger partial charge is 0.0144 e. The molecule has 0 nitrogen and oxygen atoms in total. The normalized spacial score (nSPS) is 10.6. The van der Waals surface area contributed by atoms with Crippen molar-refractivity contribution in [1.29, 1.82) is 0 Å². The summed E-state index contributed by atoms with van der Waals surface area (Å²) in [6, 6.07) is 6.65. The Labute approximate surface area is 91.4 Å². The third kappa shape index (κ3) is 2.91. The molecule has 0 atom stereocenters. The van der Waals surface area contributed by atoms with Crippen LogP contribution in [-0.2, 0) is 6.42 Å². The van der Waals surface area contributed by atoms with Crippen LogP contribution in [0.5, 0.6) is 0 Å². The minimum absolute atomic E-state index is 0.722. The predicted octanol–water partition coefficient (Wildman–Crippen LogP) is 4.25. The molecule has 0 saturated carbocycles. The van der Waals surface area contributed by atoms with E-state index in [-0.39, 0.29) is 0 Å². The van der Waals surface area contributed by atoms with Gasteiger partial charge in [-0.25, -0.2) is 0 Å². The first kappa shape index (κ1) is 11.4. The molecule has 0 aliphatic rings. The fourth-order valence-corrected chi connectivity index (χ4v) is 2.18. The molecule has 1 rings (SSSR count). The Balaban J connectivity index is 2.95. The molecule has 0 radical (unpaired) electrons. The van der Waals surface area contributed by atoms with E-state index in [0.29, 0.717) is 0 Å². The molecule has 0 bridgehead atoms. The molecule has 0 N–H and O–H groups in total. The Hall–Kier alpha value is -0.690. The van der Waals surface area contributed by atoms with Crippen LogP contribution >= 0.6 is 11.8 Å². The first-order valence-corrected chi connectivity index (χ1v) is 6.19. The number of thioether (sulfide) groups is 1. The van der Waals surface area contributed by atoms with Gasteiger partial charge in [0.05, 0.1) is 0 Å². The second kappa shape index (κ2) is 5.26. The highest BCUT2D eigenvalue weighted by molar-refractivity contribution is 7.98. The Bertz CT molecular complexity index is 313. The van der Waals surface area contributed by atoms with E-state index in [1.807, 2.05) is 6.08 Å². The van der Waals surface area contributed by atoms with Gasteiger partial charge < -0.3 is 0 Å². The van der Waals surface area contributed by atoms with Crippen LogP contribution in [0.2, 0.25) is 0 Å². The molecule has 0 heterocycles. The van der Waals surface area contributed by atoms with Gasteiger partial charge in [0.15, 0.2) is 0 Å². The van der Waals surface area contributed by atoms with Crippen LogP contribution in [0.15, 0.2) is 29.7 Å². The first-order valence-electron chi connectivity index (χ1n) is 4.96. The van der Waals surface area contributed by atoms with Crippen molar-refractivity contribution in [3.8, 4) is 0 Å². The van der Waals surface area contributed by atoms with Crippen molar-refractivity contribution in [2.45, 2.75) is 25.2 Å². The fourth-order valence-electron chi connectivity index (χ4n) is 1.52. The van der Waals surface area contributed by atoms with Gasteiger partial charge in [0.25, 0.3) is 0 Å². The van der Waals surface area contributed by atoms with Gasteiger partial charge in [-0.3, -0.25) is 0 Å². The van der Waals surface area contributed by atoms with Gasteiger partial charge >= 0.3 is 0 Å². The summed E-state index contributed by atoms with van der Waals surface area (Å²) in [5, 5.41) is 0. The third-order valence-corrected chi connectivity index (χ3v) is 2.96. The van der Waals surface area contributed by atoms with Crippen molar-refractivity contribution >= 4 is 17.8 Å². The molecule has 0 aliphatic carbocycles. The molecule has 76 valence electrons. The van der Waals surface area contributed by atoms with E-state index >= 15 is 0 Å². The summed E-state index contributed by atoms with van der Waals surface area (Å²) in [4.78, 5) is 1.33. The van der Waals surface area contributed by atoms with Crippen molar-refractivity contribution in [2.75, 3.05) is 6.26 Å². The largest absolute Gasteiger partial charge is 0.129 e. The maximum absolute atomic E-state index is 3.82. The lowest BCUT2D eigenvalue weighted by Crippen LogP contribution is -1.94. The Kier molecular flexibility index (Phi) is 4.27. The maximum Gasteiger partial charge on any atom is 0.0144 e. The highest BCUT2D eigenvalue weighted by Gasteiger charge is 2.02. The topological polar surface area (TPSA) is 0 Å². The minimum atomic E-state index is 0.722. The van der Waals surface area contributed by atoms with Crippen LogP contribution in [-0.4, -0.2) is 6.26 Å². The zero-order valence-corrected chi connectivity index (χ0v) is 10.0. The molecule has 0 spiro atoms. The zero-order chi connectivity index (χ0) is 10.6. The molecule has 0 amide bonds. The van der Waals surface area contributed by atoms with Gasteiger partial charge in [-0.05, 0) is 35.8 Å². The average Bonchev–Trinajstić information content (AvgIpc) is 2.16. The molecule has 1 heteroatoms. The van der Waals surface area contributed by atoms with Gasteiger partial charge in [0, 0.05) is 4.90 Å². The first-order chi connectivity index (χ1) is 6.67. The van der Waals surface area contributed by atoms with Gasteiger partial charge in [-0.1, -0.05) is 38.6 Å². The average molecular weight is 206 g/mol. The quantitative estimate of drug-likeness (QED) is 0.664. The molecular formula is C13H18S. The van der Waals surface area contributed by atoms with Gasteiger partial charge in [-0.2, -0.15) is 0 Å². The Morgan fingerprint density at radius 3 is 2.64 bits per heavy atom. The number of rotatable bonds is 4. The summed E-state index contributed by atoms with van der Waals surface area (Å²) in [5.41, 5.74) is 2.67. The number of hydrogen-bond donors (Lipinski definition) is 0. The summed E-state index contributed by atoms with van der Waals surface area (Å²) in [6.07, 6.45) is 5.19. The van der Waals surface area contributed by atoms with Crippen molar-refractivity contribution in [3.05, 3.63) is 35.9 Å². The van der Waals surface area contributed by atoms with Crippen molar-refractivity contribution in [1.82, 2.24) is 0 Å². The fraction of sp³-hybridized carbons (Fsp3) is 0.385. The van der Waals surface area contributed by atoms with Crippen LogP contribution in [0.1, 0.15) is 25.0 Å².